The van der Waals surface area contributed by atoms with Gasteiger partial charge >= 0.3 is 10.3 Å². The second kappa shape index (κ2) is 6.62. The van der Waals surface area contributed by atoms with E-state index in [1.165, 1.54) is 6.07 Å². The fourth-order valence-electron chi connectivity index (χ4n) is 3.06. The molecule has 1 heterocycles. The van der Waals surface area contributed by atoms with Gasteiger partial charge in [-0.3, -0.25) is 4.18 Å². The van der Waals surface area contributed by atoms with E-state index in [9.17, 15) is 12.8 Å². The van der Waals surface area contributed by atoms with Gasteiger partial charge in [0.05, 0.1) is 18.3 Å². The highest BCUT2D eigenvalue weighted by Crippen LogP contribution is 2.47. The summed E-state index contributed by atoms with van der Waals surface area (Å²) >= 11 is 0. The van der Waals surface area contributed by atoms with Gasteiger partial charge in [-0.05, 0) is 25.3 Å². The van der Waals surface area contributed by atoms with Gasteiger partial charge in [-0.15, -0.1) is 0 Å². The first-order valence-corrected chi connectivity index (χ1v) is 8.87. The van der Waals surface area contributed by atoms with Crippen LogP contribution in [0.3, 0.4) is 0 Å². The Hall–Kier alpha value is -1.02. The molecule has 124 valence electrons. The molecule has 0 amide bonds. The molecule has 0 radical (unpaired) electrons. The van der Waals surface area contributed by atoms with Gasteiger partial charge in [0.25, 0.3) is 0 Å². The number of nitrogens with two attached hydrogens (primary N) is 1. The Labute approximate surface area is 130 Å². The van der Waals surface area contributed by atoms with Crippen molar-refractivity contribution in [1.29, 1.82) is 0 Å². The van der Waals surface area contributed by atoms with Crippen molar-refractivity contribution in [3.05, 3.63) is 35.6 Å². The summed E-state index contributed by atoms with van der Waals surface area (Å²) in [7, 11) is -4.03. The van der Waals surface area contributed by atoms with E-state index in [2.05, 4.69) is 0 Å². The average Bonchev–Trinajstić information content (AvgIpc) is 2.85. The lowest BCUT2D eigenvalue weighted by molar-refractivity contribution is -0.0540. The molecule has 0 aliphatic carbocycles. The monoisotopic (exact) mass is 331 g/mol. The molecule has 2 N–H and O–H groups in total. The Kier molecular flexibility index (Phi) is 5.21. The van der Waals surface area contributed by atoms with Crippen LogP contribution in [0.25, 0.3) is 0 Å². The van der Waals surface area contributed by atoms with E-state index in [0.717, 1.165) is 12.8 Å². The molecule has 1 aliphatic rings. The molecule has 0 saturated carbocycles. The number of rotatable bonds is 6. The Morgan fingerprint density at radius 2 is 2.00 bits per heavy atom. The van der Waals surface area contributed by atoms with E-state index in [1.54, 1.807) is 18.2 Å². The first-order valence-electron chi connectivity index (χ1n) is 7.39. The van der Waals surface area contributed by atoms with Gasteiger partial charge in [0.15, 0.2) is 0 Å². The first-order chi connectivity index (χ1) is 10.3. The van der Waals surface area contributed by atoms with E-state index in [1.807, 2.05) is 13.8 Å². The van der Waals surface area contributed by atoms with Gasteiger partial charge in [0.1, 0.15) is 5.82 Å². The van der Waals surface area contributed by atoms with Crippen molar-refractivity contribution in [3.8, 4) is 0 Å². The van der Waals surface area contributed by atoms with Crippen molar-refractivity contribution >= 4 is 10.3 Å². The Balaban J connectivity index is 2.29. The molecular formula is C15H22FNO4S. The van der Waals surface area contributed by atoms with Crippen LogP contribution in [0.15, 0.2) is 24.3 Å². The van der Waals surface area contributed by atoms with E-state index < -0.39 is 16.4 Å². The number of ether oxygens (including phenoxy) is 1. The Morgan fingerprint density at radius 3 is 2.55 bits per heavy atom. The Bertz CT molecular complexity index is 616. The van der Waals surface area contributed by atoms with Crippen LogP contribution < -0.4 is 5.14 Å². The maximum atomic E-state index is 14.1. The summed E-state index contributed by atoms with van der Waals surface area (Å²) in [6.07, 6.45) is 1.60. The maximum absolute atomic E-state index is 14.1. The summed E-state index contributed by atoms with van der Waals surface area (Å²) < 4.78 is 47.0. The normalized spacial score (nSPS) is 24.5. The van der Waals surface area contributed by atoms with Crippen LogP contribution in [0, 0.1) is 11.7 Å². The lowest BCUT2D eigenvalue weighted by Gasteiger charge is -2.26. The van der Waals surface area contributed by atoms with Crippen molar-refractivity contribution in [2.24, 2.45) is 11.1 Å². The third-order valence-corrected chi connectivity index (χ3v) is 4.85. The lowest BCUT2D eigenvalue weighted by Crippen LogP contribution is -2.26. The average molecular weight is 331 g/mol. The minimum atomic E-state index is -4.03. The standard InChI is InChI=1S/C15H22FNO4S/c1-3-15(4-2)9-11(10-20-22(17,18)19)14(21-15)12-7-5-6-8-13(12)16/h5-8,11,14H,3-4,9-10H2,1-2H3,(H2,17,18,19)/t11-,14+/m0/s1. The van der Waals surface area contributed by atoms with Crippen LogP contribution in [-0.2, 0) is 19.2 Å². The molecule has 7 heteroatoms. The molecule has 0 spiro atoms. The Morgan fingerprint density at radius 1 is 1.36 bits per heavy atom. The molecule has 0 bridgehead atoms. The number of halogens is 1. The zero-order valence-electron chi connectivity index (χ0n) is 12.8. The summed E-state index contributed by atoms with van der Waals surface area (Å²) in [5.74, 6) is -0.633. The third kappa shape index (κ3) is 3.84. The zero-order chi connectivity index (χ0) is 16.4. The minimum absolute atomic E-state index is 0.112. The molecule has 2 atom stereocenters. The molecule has 1 aliphatic heterocycles. The van der Waals surface area contributed by atoms with Crippen molar-refractivity contribution in [1.82, 2.24) is 0 Å². The highest BCUT2D eigenvalue weighted by molar-refractivity contribution is 7.84. The first kappa shape index (κ1) is 17.3. The van der Waals surface area contributed by atoms with E-state index in [4.69, 9.17) is 14.1 Å². The SMILES string of the molecule is CCC1(CC)C[C@@H](COS(N)(=O)=O)[C@H](c2ccccc2F)O1. The van der Waals surface area contributed by atoms with Gasteiger partial charge in [0, 0.05) is 11.5 Å². The minimum Gasteiger partial charge on any atom is -0.367 e. The third-order valence-electron chi connectivity index (χ3n) is 4.39. The predicted molar refractivity (Wildman–Crippen MR) is 80.7 cm³/mol. The maximum Gasteiger partial charge on any atom is 0.333 e. The lowest BCUT2D eigenvalue weighted by atomic mass is 9.87. The van der Waals surface area contributed by atoms with Gasteiger partial charge in [-0.25, -0.2) is 9.53 Å². The summed E-state index contributed by atoms with van der Waals surface area (Å²) in [4.78, 5) is 0. The molecule has 5 nitrogen and oxygen atoms in total. The fraction of sp³-hybridized carbons (Fsp3) is 0.600. The molecule has 1 aromatic rings. The van der Waals surface area contributed by atoms with Crippen molar-refractivity contribution in [3.63, 3.8) is 0 Å². The highest BCUT2D eigenvalue weighted by atomic mass is 32.2. The second-order valence-electron chi connectivity index (χ2n) is 5.69. The molecule has 0 unspecified atom stereocenters. The van der Waals surface area contributed by atoms with Crippen molar-refractivity contribution in [2.45, 2.75) is 44.8 Å². The van der Waals surface area contributed by atoms with Crippen LogP contribution in [0.4, 0.5) is 4.39 Å². The predicted octanol–water partition coefficient (Wildman–Crippen LogP) is 2.68. The molecule has 1 aromatic carbocycles. The van der Waals surface area contributed by atoms with Crippen LogP contribution >= 0.6 is 0 Å². The van der Waals surface area contributed by atoms with Crippen LogP contribution in [0.5, 0.6) is 0 Å². The van der Waals surface area contributed by atoms with E-state index in [-0.39, 0.29) is 23.9 Å². The van der Waals surface area contributed by atoms with Gasteiger partial charge in [-0.2, -0.15) is 8.42 Å². The van der Waals surface area contributed by atoms with E-state index in [0.29, 0.717) is 12.0 Å². The largest absolute Gasteiger partial charge is 0.367 e. The molecule has 0 aromatic heterocycles. The quantitative estimate of drug-likeness (QED) is 0.869. The molecular weight excluding hydrogens is 309 g/mol. The molecule has 22 heavy (non-hydrogen) atoms. The second-order valence-corrected chi connectivity index (χ2v) is 6.91. The molecule has 1 fully saturated rings. The van der Waals surface area contributed by atoms with Gasteiger partial charge < -0.3 is 4.74 Å². The summed E-state index contributed by atoms with van der Waals surface area (Å²) in [5, 5.41) is 4.90. The van der Waals surface area contributed by atoms with Crippen molar-refractivity contribution in [2.75, 3.05) is 6.61 Å². The molecule has 2 rings (SSSR count). The number of hydrogen-bond acceptors (Lipinski definition) is 4. The van der Waals surface area contributed by atoms with E-state index >= 15 is 0 Å². The summed E-state index contributed by atoms with van der Waals surface area (Å²) in [6, 6.07) is 6.37. The smallest absolute Gasteiger partial charge is 0.333 e. The molecule has 1 saturated heterocycles. The summed E-state index contributed by atoms with van der Waals surface area (Å²) in [5.41, 5.74) is 0.0357. The number of benzene rings is 1. The fourth-order valence-corrected chi connectivity index (χ4v) is 3.42. The van der Waals surface area contributed by atoms with Crippen LogP contribution in [0.1, 0.15) is 44.8 Å². The highest BCUT2D eigenvalue weighted by Gasteiger charge is 2.45. The summed E-state index contributed by atoms with van der Waals surface area (Å²) in [6.45, 7) is 3.90. The van der Waals surface area contributed by atoms with Gasteiger partial charge in [-0.1, -0.05) is 32.0 Å². The topological polar surface area (TPSA) is 78.6 Å². The van der Waals surface area contributed by atoms with Crippen LogP contribution in [-0.4, -0.2) is 20.6 Å². The van der Waals surface area contributed by atoms with Gasteiger partial charge in [0.2, 0.25) is 0 Å². The van der Waals surface area contributed by atoms with Crippen molar-refractivity contribution < 1.29 is 21.7 Å². The van der Waals surface area contributed by atoms with Crippen LogP contribution in [0.2, 0.25) is 0 Å². The number of hydrogen-bond donors (Lipinski definition) is 1. The zero-order valence-corrected chi connectivity index (χ0v) is 13.6.